The Kier molecular flexibility index (Phi) is 7.28. The van der Waals surface area contributed by atoms with Gasteiger partial charge in [0.25, 0.3) is 0 Å². The molecule has 3 aromatic rings. The van der Waals surface area contributed by atoms with Gasteiger partial charge in [0.15, 0.2) is 5.78 Å². The first kappa shape index (κ1) is 22.2. The molecule has 4 rings (SSSR count). The van der Waals surface area contributed by atoms with Crippen molar-refractivity contribution in [1.29, 1.82) is 0 Å². The summed E-state index contributed by atoms with van der Waals surface area (Å²) in [5.41, 5.74) is 4.11. The van der Waals surface area contributed by atoms with Crippen molar-refractivity contribution < 1.29 is 4.79 Å². The monoisotopic (exact) mass is 428 g/mol. The zero-order chi connectivity index (χ0) is 22.3. The fraction of sp³-hybridized carbons (Fsp3) is 0.370. The highest BCUT2D eigenvalue weighted by Gasteiger charge is 2.23. The summed E-state index contributed by atoms with van der Waals surface area (Å²) in [6, 6.07) is 16.2. The number of piperidine rings is 1. The Balaban J connectivity index is 1.31. The lowest BCUT2D eigenvalue weighted by Crippen LogP contribution is -2.34. The van der Waals surface area contributed by atoms with Gasteiger partial charge < -0.3 is 9.80 Å². The highest BCUT2D eigenvalue weighted by molar-refractivity contribution is 5.97. The number of Topliss-reactive ketones (excluding diaryl/α,β-unsaturated/α-hetero) is 1. The number of aromatic nitrogens is 2. The molecule has 0 aliphatic carbocycles. The van der Waals surface area contributed by atoms with E-state index < -0.39 is 0 Å². The van der Waals surface area contributed by atoms with Gasteiger partial charge in [-0.25, -0.2) is 4.98 Å². The number of pyridine rings is 2. The molecule has 2 aromatic heterocycles. The number of hydrogen-bond acceptors (Lipinski definition) is 5. The van der Waals surface area contributed by atoms with Crippen LogP contribution >= 0.6 is 0 Å². The molecule has 1 aliphatic rings. The largest absolute Gasteiger partial charge is 0.357 e. The molecule has 5 nitrogen and oxygen atoms in total. The Bertz CT molecular complexity index is 1010. The van der Waals surface area contributed by atoms with Crippen LogP contribution in [-0.2, 0) is 6.54 Å². The molecule has 1 saturated heterocycles. The van der Waals surface area contributed by atoms with Gasteiger partial charge in [-0.2, -0.15) is 0 Å². The van der Waals surface area contributed by atoms with Crippen LogP contribution in [0.3, 0.4) is 0 Å². The fourth-order valence-corrected chi connectivity index (χ4v) is 4.27. The summed E-state index contributed by atoms with van der Waals surface area (Å²) in [6.07, 6.45) is 8.25. The highest BCUT2D eigenvalue weighted by atomic mass is 16.1. The number of ketones is 1. The summed E-state index contributed by atoms with van der Waals surface area (Å²) in [6.45, 7) is 6.02. The first-order chi connectivity index (χ1) is 15.6. The van der Waals surface area contributed by atoms with Crippen LogP contribution in [0.15, 0.2) is 67.1 Å². The van der Waals surface area contributed by atoms with Crippen LogP contribution in [0.2, 0.25) is 0 Å². The molecule has 3 heterocycles. The molecule has 1 aliphatic heterocycles. The first-order valence-electron chi connectivity index (χ1n) is 11.5. The minimum atomic E-state index is 0.233. The van der Waals surface area contributed by atoms with E-state index in [4.69, 9.17) is 0 Å². The van der Waals surface area contributed by atoms with E-state index in [9.17, 15) is 4.79 Å². The number of benzene rings is 1. The Morgan fingerprint density at radius 2 is 1.88 bits per heavy atom. The molecule has 0 spiro atoms. The average molecular weight is 429 g/mol. The molecular weight excluding hydrogens is 396 g/mol. The molecule has 0 N–H and O–H groups in total. The van der Waals surface area contributed by atoms with Gasteiger partial charge in [0.1, 0.15) is 5.82 Å². The predicted octanol–water partition coefficient (Wildman–Crippen LogP) is 5.08. The Morgan fingerprint density at radius 3 is 2.56 bits per heavy atom. The maximum Gasteiger partial charge on any atom is 0.163 e. The summed E-state index contributed by atoms with van der Waals surface area (Å²) in [5.74, 6) is 1.71. The smallest absolute Gasteiger partial charge is 0.163 e. The zero-order valence-electron chi connectivity index (χ0n) is 19.1. The number of nitrogens with zero attached hydrogens (tertiary/aromatic N) is 4. The van der Waals surface area contributed by atoms with Crippen molar-refractivity contribution in [2.75, 3.05) is 31.6 Å². The highest BCUT2D eigenvalue weighted by Crippen LogP contribution is 2.27. The standard InChI is InChI=1S/C27H32N4O/c1-3-30(2)20-22-9-10-27(29-18-22)31-14-11-21(12-15-31)16-26(32)24-7-4-6-23(17-24)25-8-5-13-28-19-25/h4-10,13,17-19,21H,3,11-12,14-16,20H2,1-2H3. The molecule has 166 valence electrons. The minimum absolute atomic E-state index is 0.233. The SMILES string of the molecule is CCN(C)Cc1ccc(N2CCC(CC(=O)c3cccc(-c4cccnc4)c3)CC2)nc1. The van der Waals surface area contributed by atoms with Crippen LogP contribution in [-0.4, -0.2) is 47.3 Å². The van der Waals surface area contributed by atoms with E-state index in [0.717, 1.165) is 61.5 Å². The molecule has 32 heavy (non-hydrogen) atoms. The molecule has 0 unspecified atom stereocenters. The second kappa shape index (κ2) is 10.5. The van der Waals surface area contributed by atoms with E-state index >= 15 is 0 Å². The van der Waals surface area contributed by atoms with Crippen LogP contribution < -0.4 is 4.90 Å². The van der Waals surface area contributed by atoms with Crippen molar-refractivity contribution >= 4 is 11.6 Å². The van der Waals surface area contributed by atoms with E-state index in [1.807, 2.05) is 48.8 Å². The normalized spacial score (nSPS) is 14.7. The van der Waals surface area contributed by atoms with Gasteiger partial charge in [0.05, 0.1) is 0 Å². The van der Waals surface area contributed by atoms with Crippen LogP contribution in [0.1, 0.15) is 42.1 Å². The molecule has 1 aromatic carbocycles. The molecule has 5 heteroatoms. The maximum atomic E-state index is 13.0. The quantitative estimate of drug-likeness (QED) is 0.468. The average Bonchev–Trinajstić information content (AvgIpc) is 2.85. The van der Waals surface area contributed by atoms with E-state index in [0.29, 0.717) is 12.3 Å². The Labute approximate surface area is 191 Å². The van der Waals surface area contributed by atoms with Crippen molar-refractivity contribution in [3.8, 4) is 11.1 Å². The van der Waals surface area contributed by atoms with Crippen molar-refractivity contribution in [3.63, 3.8) is 0 Å². The lowest BCUT2D eigenvalue weighted by atomic mass is 9.89. The van der Waals surface area contributed by atoms with Gasteiger partial charge in [-0.3, -0.25) is 9.78 Å². The second-order valence-corrected chi connectivity index (χ2v) is 8.74. The maximum absolute atomic E-state index is 13.0. The second-order valence-electron chi connectivity index (χ2n) is 8.74. The van der Waals surface area contributed by atoms with Gasteiger partial charge >= 0.3 is 0 Å². The third-order valence-corrected chi connectivity index (χ3v) is 6.39. The van der Waals surface area contributed by atoms with Crippen LogP contribution in [0.4, 0.5) is 5.82 Å². The van der Waals surface area contributed by atoms with E-state index in [-0.39, 0.29) is 5.78 Å². The first-order valence-corrected chi connectivity index (χ1v) is 11.5. The molecule has 0 radical (unpaired) electrons. The van der Waals surface area contributed by atoms with Gasteiger partial charge in [-0.1, -0.05) is 37.3 Å². The van der Waals surface area contributed by atoms with Crippen molar-refractivity contribution in [2.24, 2.45) is 5.92 Å². The summed E-state index contributed by atoms with van der Waals surface area (Å²) in [4.78, 5) is 26.4. The predicted molar refractivity (Wildman–Crippen MR) is 130 cm³/mol. The van der Waals surface area contributed by atoms with Crippen LogP contribution in [0.5, 0.6) is 0 Å². The number of anilines is 1. The van der Waals surface area contributed by atoms with E-state index in [2.05, 4.69) is 45.9 Å². The zero-order valence-corrected chi connectivity index (χ0v) is 19.1. The molecule has 0 amide bonds. The van der Waals surface area contributed by atoms with E-state index in [1.165, 1.54) is 5.56 Å². The third-order valence-electron chi connectivity index (χ3n) is 6.39. The lowest BCUT2D eigenvalue weighted by molar-refractivity contribution is 0.0954. The molecule has 0 bridgehead atoms. The molecule has 0 saturated carbocycles. The van der Waals surface area contributed by atoms with Crippen LogP contribution in [0, 0.1) is 5.92 Å². The molecule has 1 fully saturated rings. The fourth-order valence-electron chi connectivity index (χ4n) is 4.27. The van der Waals surface area contributed by atoms with Gasteiger partial charge in [-0.15, -0.1) is 0 Å². The summed E-state index contributed by atoms with van der Waals surface area (Å²) >= 11 is 0. The van der Waals surface area contributed by atoms with Gasteiger partial charge in [-0.05, 0) is 61.7 Å². The molecular formula is C27H32N4O. The summed E-state index contributed by atoms with van der Waals surface area (Å²) in [7, 11) is 2.12. The van der Waals surface area contributed by atoms with Crippen molar-refractivity contribution in [2.45, 2.75) is 32.7 Å². The molecule has 0 atom stereocenters. The summed E-state index contributed by atoms with van der Waals surface area (Å²) in [5, 5.41) is 0. The Morgan fingerprint density at radius 1 is 1.06 bits per heavy atom. The number of carbonyl (C=O) groups excluding carboxylic acids is 1. The third kappa shape index (κ3) is 5.60. The van der Waals surface area contributed by atoms with Crippen molar-refractivity contribution in [3.05, 3.63) is 78.2 Å². The summed E-state index contributed by atoms with van der Waals surface area (Å²) < 4.78 is 0. The van der Waals surface area contributed by atoms with Gasteiger partial charge in [0.2, 0.25) is 0 Å². The van der Waals surface area contributed by atoms with Crippen molar-refractivity contribution in [1.82, 2.24) is 14.9 Å². The van der Waals surface area contributed by atoms with E-state index in [1.54, 1.807) is 6.20 Å². The van der Waals surface area contributed by atoms with Gasteiger partial charge in [0, 0.05) is 55.8 Å². The topological polar surface area (TPSA) is 49.3 Å². The minimum Gasteiger partial charge on any atom is -0.357 e. The lowest BCUT2D eigenvalue weighted by Gasteiger charge is -2.32. The number of carbonyl (C=O) groups is 1. The number of hydrogen-bond donors (Lipinski definition) is 0. The number of rotatable bonds is 8. The Hall–Kier alpha value is -3.05. The van der Waals surface area contributed by atoms with Crippen LogP contribution in [0.25, 0.3) is 11.1 Å².